The Morgan fingerprint density at radius 1 is 1.18 bits per heavy atom. The smallest absolute Gasteiger partial charge is 0.326 e. The fraction of sp³-hybridized carbons (Fsp3) is 0.154. The molecule has 4 heteroatoms. The van der Waals surface area contributed by atoms with E-state index >= 15 is 0 Å². The minimum atomic E-state index is 0.473. The van der Waals surface area contributed by atoms with Crippen molar-refractivity contribution in [3.8, 4) is 0 Å². The molecule has 0 atom stereocenters. The Balaban J connectivity index is 1.99. The molecule has 0 bridgehead atoms. The fourth-order valence-corrected chi connectivity index (χ4v) is 2.17. The first-order valence-corrected chi connectivity index (χ1v) is 5.55. The Kier molecular flexibility index (Phi) is 2.23. The molecular weight excluding hydrogens is 212 g/mol. The summed E-state index contributed by atoms with van der Waals surface area (Å²) in [5.41, 5.74) is 3.04. The van der Waals surface area contributed by atoms with Crippen LogP contribution in [0.15, 0.2) is 42.6 Å². The predicted molar refractivity (Wildman–Crippen MR) is 66.1 cm³/mol. The largest absolute Gasteiger partial charge is 0.403 e. The average molecular weight is 223 g/mol. The lowest BCUT2D eigenvalue weighted by atomic mass is 10.2. The van der Waals surface area contributed by atoms with Crippen LogP contribution in [0, 0.1) is 5.39 Å². The summed E-state index contributed by atoms with van der Waals surface area (Å²) < 4.78 is 0. The predicted octanol–water partition coefficient (Wildman–Crippen LogP) is 3.26. The number of diazo groups is 1. The number of aromatic nitrogens is 1. The molecule has 0 spiro atoms. The summed E-state index contributed by atoms with van der Waals surface area (Å²) in [6, 6.07) is 12.0. The molecule has 0 N–H and O–H groups in total. The summed E-state index contributed by atoms with van der Waals surface area (Å²) in [6.45, 7) is 0.946. The number of benzene rings is 1. The highest BCUT2D eigenvalue weighted by Gasteiger charge is 2.21. The van der Waals surface area contributed by atoms with Crippen LogP contribution in [0.4, 0.5) is 17.2 Å². The lowest BCUT2D eigenvalue weighted by Crippen LogP contribution is -2.14. The molecule has 0 saturated carbocycles. The summed E-state index contributed by atoms with van der Waals surface area (Å²) in [6.07, 6.45) is 2.61. The molecule has 0 saturated heterocycles. The molecule has 17 heavy (non-hydrogen) atoms. The van der Waals surface area contributed by atoms with Crippen molar-refractivity contribution in [3.63, 3.8) is 0 Å². The van der Waals surface area contributed by atoms with E-state index in [4.69, 9.17) is 5.39 Å². The molecule has 2 aromatic rings. The Morgan fingerprint density at radius 3 is 2.82 bits per heavy atom. The van der Waals surface area contributed by atoms with E-state index in [9.17, 15) is 0 Å². The molecule has 4 nitrogen and oxygen atoms in total. The van der Waals surface area contributed by atoms with Gasteiger partial charge in [0.05, 0.1) is 0 Å². The van der Waals surface area contributed by atoms with Gasteiger partial charge in [0.1, 0.15) is 12.0 Å². The summed E-state index contributed by atoms with van der Waals surface area (Å²) in [4.78, 5) is 9.58. The summed E-state index contributed by atoms with van der Waals surface area (Å²) in [7, 11) is 0. The molecule has 3 rings (SSSR count). The lowest BCUT2D eigenvalue weighted by Gasteiger charge is -2.17. The van der Waals surface area contributed by atoms with Crippen molar-refractivity contribution in [2.24, 2.45) is 0 Å². The van der Waals surface area contributed by atoms with Crippen LogP contribution in [0.3, 0.4) is 0 Å². The first-order valence-electron chi connectivity index (χ1n) is 5.55. The molecule has 0 amide bonds. The van der Waals surface area contributed by atoms with Gasteiger partial charge in [-0.3, -0.25) is 0 Å². The minimum absolute atomic E-state index is 0.473. The fourth-order valence-electron chi connectivity index (χ4n) is 2.17. The number of fused-ring (bicyclic) bond motifs is 1. The summed E-state index contributed by atoms with van der Waals surface area (Å²) in [5, 5.41) is 8.62. The van der Waals surface area contributed by atoms with Gasteiger partial charge in [-0.1, -0.05) is 18.2 Å². The summed E-state index contributed by atoms with van der Waals surface area (Å²) >= 11 is 0. The molecule has 1 aromatic carbocycles. The second-order valence-electron chi connectivity index (χ2n) is 4.00. The number of rotatable bonds is 1. The van der Waals surface area contributed by atoms with Crippen LogP contribution in [-0.2, 0) is 6.42 Å². The van der Waals surface area contributed by atoms with Crippen LogP contribution >= 0.6 is 0 Å². The van der Waals surface area contributed by atoms with Crippen molar-refractivity contribution in [1.29, 1.82) is 5.39 Å². The Labute approximate surface area is 99.2 Å². The molecule has 1 aliphatic rings. The topological polar surface area (TPSA) is 44.3 Å². The van der Waals surface area contributed by atoms with Crippen molar-refractivity contribution >= 4 is 17.2 Å². The first kappa shape index (κ1) is 9.79. The van der Waals surface area contributed by atoms with Gasteiger partial charge in [0.25, 0.3) is 0 Å². The Hall–Kier alpha value is -2.41. The third-order valence-corrected chi connectivity index (χ3v) is 3.01. The molecule has 0 unspecified atom stereocenters. The number of hydrogen-bond donors (Lipinski definition) is 0. The molecule has 1 aromatic heterocycles. The number of hydrogen-bond acceptors (Lipinski definition) is 3. The average Bonchev–Trinajstić information content (AvgIpc) is 2.83. The Morgan fingerprint density at radius 2 is 2.06 bits per heavy atom. The van der Waals surface area contributed by atoms with Crippen LogP contribution < -0.4 is 4.90 Å². The molecule has 1 aliphatic heterocycles. The maximum atomic E-state index is 8.62. The van der Waals surface area contributed by atoms with E-state index < -0.39 is 0 Å². The van der Waals surface area contributed by atoms with Gasteiger partial charge in [0.2, 0.25) is 5.39 Å². The standard InChI is InChI=1S/C13H11N4/c14-16-11-5-6-13(15-9-11)17-8-7-10-3-1-2-4-12(10)17/h1-6,9H,7-8H2/q+1. The van der Waals surface area contributed by atoms with E-state index in [2.05, 4.69) is 33.1 Å². The van der Waals surface area contributed by atoms with Gasteiger partial charge in [-0.15, -0.1) is 0 Å². The van der Waals surface area contributed by atoms with E-state index in [0.717, 1.165) is 18.8 Å². The van der Waals surface area contributed by atoms with Crippen LogP contribution in [0.25, 0.3) is 4.98 Å². The van der Waals surface area contributed by atoms with Crippen molar-refractivity contribution in [1.82, 2.24) is 4.98 Å². The highest BCUT2D eigenvalue weighted by atomic mass is 15.2. The number of pyridine rings is 1. The maximum absolute atomic E-state index is 8.62. The van der Waals surface area contributed by atoms with Gasteiger partial charge < -0.3 is 4.90 Å². The van der Waals surface area contributed by atoms with Gasteiger partial charge in [0, 0.05) is 18.3 Å². The van der Waals surface area contributed by atoms with Gasteiger partial charge in [-0.2, -0.15) is 0 Å². The van der Waals surface area contributed by atoms with Crippen molar-refractivity contribution < 1.29 is 0 Å². The second kappa shape index (κ2) is 3.87. The number of anilines is 2. The van der Waals surface area contributed by atoms with Gasteiger partial charge >= 0.3 is 5.69 Å². The third-order valence-electron chi connectivity index (χ3n) is 3.01. The summed E-state index contributed by atoms with van der Waals surface area (Å²) in [5.74, 6) is 0.891. The van der Waals surface area contributed by atoms with Crippen LogP contribution in [0.1, 0.15) is 5.56 Å². The van der Waals surface area contributed by atoms with Crippen LogP contribution in [0.5, 0.6) is 0 Å². The van der Waals surface area contributed by atoms with Crippen LogP contribution in [-0.4, -0.2) is 11.5 Å². The zero-order chi connectivity index (χ0) is 11.7. The SMILES string of the molecule is N#[N+]c1ccc(N2CCc3ccccc32)nc1. The highest BCUT2D eigenvalue weighted by Crippen LogP contribution is 2.33. The quantitative estimate of drug-likeness (QED) is 0.697. The maximum Gasteiger partial charge on any atom is 0.403 e. The van der Waals surface area contributed by atoms with Crippen molar-refractivity contribution in [3.05, 3.63) is 53.1 Å². The normalized spacial score (nSPS) is 13.2. The first-order chi connectivity index (χ1) is 8.38. The molecule has 82 valence electrons. The van der Waals surface area contributed by atoms with E-state index in [0.29, 0.717) is 5.69 Å². The number of nitrogens with zero attached hydrogens (tertiary/aromatic N) is 4. The third kappa shape index (κ3) is 1.62. The van der Waals surface area contributed by atoms with Crippen molar-refractivity contribution in [2.45, 2.75) is 6.42 Å². The van der Waals surface area contributed by atoms with Crippen LogP contribution in [0.2, 0.25) is 0 Å². The molecular formula is C13H11N4+. The second-order valence-corrected chi connectivity index (χ2v) is 4.00. The number of para-hydroxylation sites is 1. The van der Waals surface area contributed by atoms with Crippen molar-refractivity contribution in [2.75, 3.05) is 11.4 Å². The molecule has 0 fully saturated rings. The van der Waals surface area contributed by atoms with E-state index in [1.54, 1.807) is 12.3 Å². The highest BCUT2D eigenvalue weighted by molar-refractivity contribution is 5.68. The molecule has 0 aliphatic carbocycles. The monoisotopic (exact) mass is 223 g/mol. The lowest BCUT2D eigenvalue weighted by molar-refractivity contribution is 0.975. The van der Waals surface area contributed by atoms with Gasteiger partial charge in [-0.25, -0.2) is 4.98 Å². The zero-order valence-corrected chi connectivity index (χ0v) is 9.24. The van der Waals surface area contributed by atoms with Gasteiger partial charge in [0.15, 0.2) is 4.98 Å². The molecule has 2 heterocycles. The molecule has 0 radical (unpaired) electrons. The van der Waals surface area contributed by atoms with Gasteiger partial charge in [-0.05, 0) is 24.1 Å². The zero-order valence-electron chi connectivity index (χ0n) is 9.24. The minimum Gasteiger partial charge on any atom is -0.326 e. The van der Waals surface area contributed by atoms with E-state index in [-0.39, 0.29) is 0 Å². The van der Waals surface area contributed by atoms with E-state index in [1.807, 2.05) is 12.1 Å². The Bertz CT molecular complexity index is 583. The van der Waals surface area contributed by atoms with E-state index in [1.165, 1.54) is 11.3 Å².